The number of nitrogen functional groups attached to an aromatic ring is 1. The summed E-state index contributed by atoms with van der Waals surface area (Å²) >= 11 is 0. The molecule has 16 heavy (non-hydrogen) atoms. The molecule has 2 heterocycles. The fourth-order valence-electron chi connectivity index (χ4n) is 1.44. The summed E-state index contributed by atoms with van der Waals surface area (Å²) in [6.45, 7) is 0. The van der Waals surface area contributed by atoms with E-state index in [2.05, 4.69) is 10.1 Å². The second-order valence-corrected chi connectivity index (χ2v) is 3.56. The fraction of sp³-hybridized carbons (Fsp3) is 0.182. The van der Waals surface area contributed by atoms with Crippen molar-refractivity contribution in [2.75, 3.05) is 5.73 Å². The molecule has 0 bridgehead atoms. The maximum atomic E-state index is 11.8. The van der Waals surface area contributed by atoms with Crippen LogP contribution in [0.2, 0.25) is 0 Å². The highest BCUT2D eigenvalue weighted by Crippen LogP contribution is 2.07. The number of carbonyl (C=O) groups is 1. The van der Waals surface area contributed by atoms with Crippen molar-refractivity contribution in [3.8, 4) is 0 Å². The standard InChI is InChI=1S/C11H12N4O/c1-15-5-3-9(14-15)10(16)6-8-2-4-13-11(12)7-8/h2-5,7H,6H2,1H3,(H2,12,13). The number of carbonyl (C=O) groups excluding carboxylic acids is 1. The van der Waals surface area contributed by atoms with E-state index in [1.165, 1.54) is 0 Å². The molecule has 0 unspecified atom stereocenters. The average Bonchev–Trinajstić information content (AvgIpc) is 2.65. The molecule has 0 fully saturated rings. The number of nitrogens with two attached hydrogens (primary N) is 1. The smallest absolute Gasteiger partial charge is 0.187 e. The van der Waals surface area contributed by atoms with Crippen LogP contribution in [0.25, 0.3) is 0 Å². The molecule has 2 N–H and O–H groups in total. The van der Waals surface area contributed by atoms with Gasteiger partial charge in [-0.1, -0.05) is 0 Å². The van der Waals surface area contributed by atoms with Crippen LogP contribution in [-0.4, -0.2) is 20.5 Å². The molecule has 0 aliphatic carbocycles. The van der Waals surface area contributed by atoms with E-state index >= 15 is 0 Å². The SMILES string of the molecule is Cn1ccc(C(=O)Cc2ccnc(N)c2)n1. The van der Waals surface area contributed by atoms with Gasteiger partial charge in [0.1, 0.15) is 11.5 Å². The zero-order chi connectivity index (χ0) is 11.5. The zero-order valence-corrected chi connectivity index (χ0v) is 8.92. The van der Waals surface area contributed by atoms with Crippen molar-refractivity contribution in [2.24, 2.45) is 7.05 Å². The van der Waals surface area contributed by atoms with Crippen molar-refractivity contribution in [2.45, 2.75) is 6.42 Å². The molecular weight excluding hydrogens is 204 g/mol. The molecule has 2 aromatic heterocycles. The maximum absolute atomic E-state index is 11.8. The van der Waals surface area contributed by atoms with Crippen molar-refractivity contribution < 1.29 is 4.79 Å². The molecule has 82 valence electrons. The topological polar surface area (TPSA) is 73.8 Å². The minimum atomic E-state index is -0.0220. The number of anilines is 1. The van der Waals surface area contributed by atoms with Crippen LogP contribution in [0.3, 0.4) is 0 Å². The lowest BCUT2D eigenvalue weighted by Crippen LogP contribution is -2.06. The van der Waals surface area contributed by atoms with Crippen LogP contribution in [-0.2, 0) is 13.5 Å². The quantitative estimate of drug-likeness (QED) is 0.771. The number of hydrogen-bond acceptors (Lipinski definition) is 4. The number of Topliss-reactive ketones (excluding diaryl/α,β-unsaturated/α-hetero) is 1. The Hall–Kier alpha value is -2.17. The third-order valence-electron chi connectivity index (χ3n) is 2.21. The summed E-state index contributed by atoms with van der Waals surface area (Å²) in [5.74, 6) is 0.400. The Bertz CT molecular complexity index is 518. The number of rotatable bonds is 3. The van der Waals surface area contributed by atoms with Gasteiger partial charge in [0, 0.05) is 25.9 Å². The molecule has 0 atom stereocenters. The van der Waals surface area contributed by atoms with Crippen LogP contribution >= 0.6 is 0 Å². The monoisotopic (exact) mass is 216 g/mol. The molecule has 0 aromatic carbocycles. The van der Waals surface area contributed by atoms with Crippen LogP contribution in [0.4, 0.5) is 5.82 Å². The number of aryl methyl sites for hydroxylation is 1. The minimum Gasteiger partial charge on any atom is -0.384 e. The van der Waals surface area contributed by atoms with Crippen LogP contribution < -0.4 is 5.73 Å². The van der Waals surface area contributed by atoms with Gasteiger partial charge in [0.05, 0.1) is 0 Å². The summed E-state index contributed by atoms with van der Waals surface area (Å²) in [6, 6.07) is 5.17. The lowest BCUT2D eigenvalue weighted by molar-refractivity contribution is 0.0987. The zero-order valence-electron chi connectivity index (χ0n) is 8.92. The van der Waals surface area contributed by atoms with Gasteiger partial charge < -0.3 is 5.73 Å². The molecule has 5 nitrogen and oxygen atoms in total. The predicted molar refractivity (Wildman–Crippen MR) is 59.9 cm³/mol. The van der Waals surface area contributed by atoms with Crippen molar-refractivity contribution in [1.82, 2.24) is 14.8 Å². The van der Waals surface area contributed by atoms with Gasteiger partial charge in [0.25, 0.3) is 0 Å². The molecule has 2 rings (SSSR count). The first-order valence-electron chi connectivity index (χ1n) is 4.88. The molecular formula is C11H12N4O. The van der Waals surface area contributed by atoms with Crippen molar-refractivity contribution in [3.63, 3.8) is 0 Å². The molecule has 2 aromatic rings. The molecule has 0 aliphatic rings. The molecule has 0 aliphatic heterocycles. The molecule has 0 spiro atoms. The average molecular weight is 216 g/mol. The summed E-state index contributed by atoms with van der Waals surface area (Å²) in [6.07, 6.45) is 3.63. The summed E-state index contributed by atoms with van der Waals surface area (Å²) in [5.41, 5.74) is 6.86. The van der Waals surface area contributed by atoms with Gasteiger partial charge in [-0.3, -0.25) is 9.48 Å². The van der Waals surface area contributed by atoms with E-state index in [0.717, 1.165) is 5.56 Å². The van der Waals surface area contributed by atoms with Gasteiger partial charge in [-0.25, -0.2) is 4.98 Å². The van der Waals surface area contributed by atoms with Gasteiger partial charge in [-0.2, -0.15) is 5.10 Å². The number of aromatic nitrogens is 3. The second kappa shape index (κ2) is 4.14. The van der Waals surface area contributed by atoms with Gasteiger partial charge in [-0.15, -0.1) is 0 Å². The number of pyridine rings is 1. The Morgan fingerprint density at radius 1 is 1.50 bits per heavy atom. The van der Waals surface area contributed by atoms with E-state index in [0.29, 0.717) is 17.9 Å². The van der Waals surface area contributed by atoms with E-state index < -0.39 is 0 Å². The van der Waals surface area contributed by atoms with E-state index in [-0.39, 0.29) is 5.78 Å². The van der Waals surface area contributed by atoms with E-state index in [1.807, 2.05) is 0 Å². The molecule has 0 saturated carbocycles. The Morgan fingerprint density at radius 2 is 2.31 bits per heavy atom. The Kier molecular flexibility index (Phi) is 2.68. The number of nitrogens with zero attached hydrogens (tertiary/aromatic N) is 3. The lowest BCUT2D eigenvalue weighted by atomic mass is 10.1. The van der Waals surface area contributed by atoms with Gasteiger partial charge in [0.15, 0.2) is 5.78 Å². The number of hydrogen-bond donors (Lipinski definition) is 1. The van der Waals surface area contributed by atoms with Crippen LogP contribution in [0.1, 0.15) is 16.1 Å². The van der Waals surface area contributed by atoms with Gasteiger partial charge in [0.2, 0.25) is 0 Å². The van der Waals surface area contributed by atoms with Crippen molar-refractivity contribution in [3.05, 3.63) is 41.9 Å². The van der Waals surface area contributed by atoms with Gasteiger partial charge in [-0.05, 0) is 23.8 Å². The first-order chi connectivity index (χ1) is 7.65. The molecule has 0 radical (unpaired) electrons. The van der Waals surface area contributed by atoms with E-state index in [4.69, 9.17) is 5.73 Å². The first kappa shape index (κ1) is 10.4. The Labute approximate surface area is 92.9 Å². The highest BCUT2D eigenvalue weighted by molar-refractivity contribution is 5.95. The van der Waals surface area contributed by atoms with Crippen LogP contribution in [0.15, 0.2) is 30.6 Å². The third kappa shape index (κ3) is 2.25. The Balaban J connectivity index is 2.13. The highest BCUT2D eigenvalue weighted by atomic mass is 16.1. The van der Waals surface area contributed by atoms with Gasteiger partial charge >= 0.3 is 0 Å². The molecule has 5 heteroatoms. The highest BCUT2D eigenvalue weighted by Gasteiger charge is 2.09. The largest absolute Gasteiger partial charge is 0.384 e. The maximum Gasteiger partial charge on any atom is 0.187 e. The molecule has 0 saturated heterocycles. The normalized spacial score (nSPS) is 10.3. The number of ketones is 1. The second-order valence-electron chi connectivity index (χ2n) is 3.56. The van der Waals surface area contributed by atoms with E-state index in [1.54, 1.807) is 42.3 Å². The summed E-state index contributed by atoms with van der Waals surface area (Å²) in [5, 5.41) is 4.05. The van der Waals surface area contributed by atoms with Crippen LogP contribution in [0.5, 0.6) is 0 Å². The minimum absolute atomic E-state index is 0.0220. The lowest BCUT2D eigenvalue weighted by Gasteiger charge is -1.99. The van der Waals surface area contributed by atoms with Crippen LogP contribution in [0, 0.1) is 0 Å². The third-order valence-corrected chi connectivity index (χ3v) is 2.21. The van der Waals surface area contributed by atoms with Crippen molar-refractivity contribution in [1.29, 1.82) is 0 Å². The van der Waals surface area contributed by atoms with E-state index in [9.17, 15) is 4.79 Å². The summed E-state index contributed by atoms with van der Waals surface area (Å²) < 4.78 is 1.61. The summed E-state index contributed by atoms with van der Waals surface area (Å²) in [7, 11) is 1.78. The fourth-order valence-corrected chi connectivity index (χ4v) is 1.44. The predicted octanol–water partition coefficient (Wildman–Crippen LogP) is 0.823. The van der Waals surface area contributed by atoms with Crippen molar-refractivity contribution >= 4 is 11.6 Å². The molecule has 0 amide bonds. The first-order valence-corrected chi connectivity index (χ1v) is 4.88. The Morgan fingerprint density at radius 3 is 2.94 bits per heavy atom. The summed E-state index contributed by atoms with van der Waals surface area (Å²) in [4.78, 5) is 15.7.